The van der Waals surface area contributed by atoms with Crippen LogP contribution in [0, 0.1) is 17.2 Å². The summed E-state index contributed by atoms with van der Waals surface area (Å²) in [5, 5.41) is 11.1. The van der Waals surface area contributed by atoms with Crippen molar-refractivity contribution in [1.82, 2.24) is 0 Å². The molecule has 1 fully saturated rings. The molecular weight excluding hydrogens is 257 g/mol. The van der Waals surface area contributed by atoms with Crippen molar-refractivity contribution >= 4 is 11.6 Å². The van der Waals surface area contributed by atoms with Gasteiger partial charge in [-0.25, -0.2) is 0 Å². The highest BCUT2D eigenvalue weighted by Crippen LogP contribution is 2.34. The zero-order chi connectivity index (χ0) is 14.0. The van der Waals surface area contributed by atoms with E-state index in [0.29, 0.717) is 0 Å². The van der Waals surface area contributed by atoms with Gasteiger partial charge in [0.25, 0.3) is 0 Å². The topological polar surface area (TPSA) is 52.9 Å². The SMILES string of the molecule is N#Cc1ccc(NC(=O)C2CCC2)cc1C(F)(F)F. The Bertz CT molecular complexity index is 542. The molecule has 3 nitrogen and oxygen atoms in total. The third-order valence-corrected chi connectivity index (χ3v) is 3.19. The number of carbonyl (C=O) groups excluding carboxylic acids is 1. The molecule has 0 radical (unpaired) electrons. The van der Waals surface area contributed by atoms with Crippen LogP contribution < -0.4 is 5.32 Å². The maximum atomic E-state index is 12.7. The molecule has 1 N–H and O–H groups in total. The van der Waals surface area contributed by atoms with Crippen LogP contribution in [0.1, 0.15) is 30.4 Å². The van der Waals surface area contributed by atoms with Gasteiger partial charge in [-0.1, -0.05) is 6.42 Å². The molecule has 1 aliphatic carbocycles. The Morgan fingerprint density at radius 1 is 1.37 bits per heavy atom. The second-order valence-corrected chi connectivity index (χ2v) is 4.49. The third kappa shape index (κ3) is 2.87. The standard InChI is InChI=1S/C13H11F3N2O/c14-13(15,16)11-6-10(5-4-9(11)7-17)18-12(19)8-2-1-3-8/h4-6,8H,1-3H2,(H,18,19). The molecule has 0 saturated heterocycles. The molecule has 1 saturated carbocycles. The monoisotopic (exact) mass is 268 g/mol. The highest BCUT2D eigenvalue weighted by Gasteiger charge is 2.34. The van der Waals surface area contributed by atoms with Gasteiger partial charge in [0, 0.05) is 11.6 Å². The summed E-state index contributed by atoms with van der Waals surface area (Å²) in [6, 6.07) is 4.67. The maximum absolute atomic E-state index is 12.7. The molecule has 0 atom stereocenters. The minimum atomic E-state index is -4.61. The van der Waals surface area contributed by atoms with Gasteiger partial charge in [0.2, 0.25) is 5.91 Å². The first-order valence-electron chi connectivity index (χ1n) is 5.84. The molecule has 19 heavy (non-hydrogen) atoms. The molecule has 0 aromatic heterocycles. The number of nitrogens with one attached hydrogen (secondary N) is 1. The Morgan fingerprint density at radius 2 is 2.05 bits per heavy atom. The zero-order valence-electron chi connectivity index (χ0n) is 9.92. The fourth-order valence-electron chi connectivity index (χ4n) is 1.87. The average molecular weight is 268 g/mol. The fraction of sp³-hybridized carbons (Fsp3) is 0.385. The molecule has 6 heteroatoms. The number of nitriles is 1. The number of hydrogen-bond donors (Lipinski definition) is 1. The van der Waals surface area contributed by atoms with Gasteiger partial charge < -0.3 is 5.32 Å². The summed E-state index contributed by atoms with van der Waals surface area (Å²) in [6.45, 7) is 0. The van der Waals surface area contributed by atoms with Crippen molar-refractivity contribution in [2.24, 2.45) is 5.92 Å². The van der Waals surface area contributed by atoms with Crippen LogP contribution in [0.3, 0.4) is 0 Å². The molecule has 0 unspecified atom stereocenters. The van der Waals surface area contributed by atoms with E-state index in [4.69, 9.17) is 5.26 Å². The number of carbonyl (C=O) groups is 1. The molecular formula is C13H11F3N2O. The summed E-state index contributed by atoms with van der Waals surface area (Å²) in [5.41, 5.74) is -1.40. The Kier molecular flexibility index (Phi) is 3.47. The van der Waals surface area contributed by atoms with Crippen LogP contribution >= 0.6 is 0 Å². The summed E-state index contributed by atoms with van der Waals surface area (Å²) in [6.07, 6.45) is -2.09. The summed E-state index contributed by atoms with van der Waals surface area (Å²) in [5.74, 6) is -0.367. The van der Waals surface area contributed by atoms with Crippen molar-refractivity contribution in [2.45, 2.75) is 25.4 Å². The Balaban J connectivity index is 2.23. The van der Waals surface area contributed by atoms with Crippen LogP contribution in [-0.2, 0) is 11.0 Å². The first-order valence-corrected chi connectivity index (χ1v) is 5.84. The largest absolute Gasteiger partial charge is 0.417 e. The Labute approximate surface area is 108 Å². The number of nitrogens with zero attached hydrogens (tertiary/aromatic N) is 1. The van der Waals surface area contributed by atoms with Crippen LogP contribution in [0.2, 0.25) is 0 Å². The van der Waals surface area contributed by atoms with Crippen molar-refractivity contribution in [1.29, 1.82) is 5.26 Å². The number of alkyl halides is 3. The van der Waals surface area contributed by atoms with Crippen LogP contribution in [0.4, 0.5) is 18.9 Å². The lowest BCUT2D eigenvalue weighted by molar-refractivity contribution is -0.137. The Morgan fingerprint density at radius 3 is 2.53 bits per heavy atom. The van der Waals surface area contributed by atoms with Crippen molar-refractivity contribution in [2.75, 3.05) is 5.32 Å². The first-order chi connectivity index (χ1) is 8.91. The van der Waals surface area contributed by atoms with Gasteiger partial charge >= 0.3 is 6.18 Å². The van der Waals surface area contributed by atoms with Gasteiger partial charge in [-0.05, 0) is 31.0 Å². The maximum Gasteiger partial charge on any atom is 0.417 e. The lowest BCUT2D eigenvalue weighted by Gasteiger charge is -2.24. The van der Waals surface area contributed by atoms with E-state index in [2.05, 4.69) is 5.32 Å². The molecule has 100 valence electrons. The smallest absolute Gasteiger partial charge is 0.326 e. The van der Waals surface area contributed by atoms with Gasteiger partial charge in [-0.15, -0.1) is 0 Å². The molecule has 2 rings (SSSR count). The van der Waals surface area contributed by atoms with E-state index in [-0.39, 0.29) is 17.5 Å². The van der Waals surface area contributed by atoms with Crippen molar-refractivity contribution in [3.8, 4) is 6.07 Å². The molecule has 0 bridgehead atoms. The predicted molar refractivity (Wildman–Crippen MR) is 62.1 cm³/mol. The number of amides is 1. The number of halogens is 3. The molecule has 0 heterocycles. The molecule has 0 aliphatic heterocycles. The van der Waals surface area contributed by atoms with Gasteiger partial charge in [-0.3, -0.25) is 4.79 Å². The number of benzene rings is 1. The lowest BCUT2D eigenvalue weighted by atomic mass is 9.85. The minimum absolute atomic E-state index is 0.0724. The van der Waals surface area contributed by atoms with E-state index in [1.807, 2.05) is 0 Å². The van der Waals surface area contributed by atoms with E-state index in [1.54, 1.807) is 0 Å². The number of rotatable bonds is 2. The van der Waals surface area contributed by atoms with Crippen molar-refractivity contribution in [3.63, 3.8) is 0 Å². The van der Waals surface area contributed by atoms with E-state index in [1.165, 1.54) is 12.1 Å². The molecule has 1 aliphatic rings. The van der Waals surface area contributed by atoms with Gasteiger partial charge in [0.15, 0.2) is 0 Å². The van der Waals surface area contributed by atoms with Crippen LogP contribution in [0.25, 0.3) is 0 Å². The third-order valence-electron chi connectivity index (χ3n) is 3.19. The molecule has 0 spiro atoms. The molecule has 1 aromatic carbocycles. The predicted octanol–water partition coefficient (Wildman–Crippen LogP) is 3.32. The molecule has 1 aromatic rings. The van der Waals surface area contributed by atoms with Crippen LogP contribution in [0.15, 0.2) is 18.2 Å². The normalized spacial score (nSPS) is 15.5. The highest BCUT2D eigenvalue weighted by molar-refractivity contribution is 5.93. The van der Waals surface area contributed by atoms with E-state index in [9.17, 15) is 18.0 Å². The summed E-state index contributed by atoms with van der Waals surface area (Å²) in [7, 11) is 0. The van der Waals surface area contributed by atoms with Crippen molar-refractivity contribution < 1.29 is 18.0 Å². The van der Waals surface area contributed by atoms with Gasteiger partial charge in [-0.2, -0.15) is 18.4 Å². The van der Waals surface area contributed by atoms with E-state index in [0.717, 1.165) is 31.4 Å². The average Bonchev–Trinajstić information content (AvgIpc) is 2.25. The van der Waals surface area contributed by atoms with Crippen LogP contribution in [-0.4, -0.2) is 5.91 Å². The minimum Gasteiger partial charge on any atom is -0.326 e. The number of anilines is 1. The summed E-state index contributed by atoms with van der Waals surface area (Å²) in [4.78, 5) is 11.7. The van der Waals surface area contributed by atoms with Gasteiger partial charge in [0.05, 0.1) is 17.2 Å². The van der Waals surface area contributed by atoms with Crippen molar-refractivity contribution in [3.05, 3.63) is 29.3 Å². The quantitative estimate of drug-likeness (QED) is 0.894. The van der Waals surface area contributed by atoms with Crippen LogP contribution in [0.5, 0.6) is 0 Å². The second kappa shape index (κ2) is 4.92. The number of hydrogen-bond acceptors (Lipinski definition) is 2. The summed E-state index contributed by atoms with van der Waals surface area (Å²) >= 11 is 0. The zero-order valence-corrected chi connectivity index (χ0v) is 9.92. The summed E-state index contributed by atoms with van der Waals surface area (Å²) < 4.78 is 38.2. The second-order valence-electron chi connectivity index (χ2n) is 4.49. The fourth-order valence-corrected chi connectivity index (χ4v) is 1.87. The van der Waals surface area contributed by atoms with E-state index < -0.39 is 17.3 Å². The van der Waals surface area contributed by atoms with Gasteiger partial charge in [0.1, 0.15) is 0 Å². The lowest BCUT2D eigenvalue weighted by Crippen LogP contribution is -2.28. The van der Waals surface area contributed by atoms with E-state index >= 15 is 0 Å². The molecule has 1 amide bonds. The Hall–Kier alpha value is -2.03. The highest BCUT2D eigenvalue weighted by atomic mass is 19.4. The first kappa shape index (κ1) is 13.4.